The summed E-state index contributed by atoms with van der Waals surface area (Å²) in [6.07, 6.45) is 6.16. The van der Waals surface area contributed by atoms with Gasteiger partial charge in [-0.15, -0.1) is 0 Å². The van der Waals surface area contributed by atoms with E-state index in [4.69, 9.17) is 24.5 Å². The second-order valence-electron chi connectivity index (χ2n) is 16.2. The molecular formula is C49H39BBr2N8O2. The van der Waals surface area contributed by atoms with Gasteiger partial charge in [-0.25, -0.2) is 23.5 Å². The maximum absolute atomic E-state index is 6.08. The van der Waals surface area contributed by atoms with E-state index in [0.717, 1.165) is 64.9 Å². The molecular weight excluding hydrogens is 903 g/mol. The molecule has 9 heterocycles. The smallest absolute Gasteiger partial charge is 0.398 e. The van der Waals surface area contributed by atoms with Crippen molar-refractivity contribution >= 4 is 93.4 Å². The summed E-state index contributed by atoms with van der Waals surface area (Å²) in [5.74, 6) is 0. The lowest BCUT2D eigenvalue weighted by atomic mass is 9.85. The highest BCUT2D eigenvalue weighted by Crippen LogP contribution is 2.36. The first kappa shape index (κ1) is 39.9. The van der Waals surface area contributed by atoms with Gasteiger partial charge in [-0.1, -0.05) is 84.9 Å². The Balaban J connectivity index is 0.000000132. The first-order chi connectivity index (χ1) is 29.9. The molecule has 1 aliphatic rings. The fourth-order valence-electron chi connectivity index (χ4n) is 7.47. The van der Waals surface area contributed by atoms with Crippen LogP contribution in [0.15, 0.2) is 173 Å². The number of halogens is 2. The van der Waals surface area contributed by atoms with Crippen LogP contribution in [-0.4, -0.2) is 57.1 Å². The predicted molar refractivity (Wildman–Crippen MR) is 256 cm³/mol. The summed E-state index contributed by atoms with van der Waals surface area (Å²) in [6.45, 7) is 8.21. The van der Waals surface area contributed by atoms with Gasteiger partial charge in [-0.3, -0.25) is 0 Å². The molecule has 0 amide bonds. The molecule has 0 radical (unpaired) electrons. The molecule has 12 rings (SSSR count). The highest BCUT2D eigenvalue weighted by atomic mass is 79.9. The van der Waals surface area contributed by atoms with Gasteiger partial charge in [0.15, 0.2) is 0 Å². The molecule has 0 unspecified atom stereocenters. The first-order valence-electron chi connectivity index (χ1n) is 20.2. The third-order valence-electron chi connectivity index (χ3n) is 11.4. The average molecular weight is 943 g/mol. The van der Waals surface area contributed by atoms with Gasteiger partial charge in [-0.2, -0.15) is 15.3 Å². The zero-order chi connectivity index (χ0) is 42.6. The van der Waals surface area contributed by atoms with Gasteiger partial charge >= 0.3 is 7.12 Å². The van der Waals surface area contributed by atoms with Crippen molar-refractivity contribution in [3.63, 3.8) is 0 Å². The Hall–Kier alpha value is -6.25. The molecule has 1 aliphatic heterocycles. The molecule has 8 aromatic heterocycles. The van der Waals surface area contributed by atoms with Crippen LogP contribution in [0.3, 0.4) is 0 Å². The molecule has 0 N–H and O–H groups in total. The van der Waals surface area contributed by atoms with Gasteiger partial charge in [0.1, 0.15) is 20.6 Å². The molecule has 11 aromatic rings. The summed E-state index contributed by atoms with van der Waals surface area (Å²) in [4.78, 5) is 8.90. The highest BCUT2D eigenvalue weighted by molar-refractivity contribution is 9.11. The molecule has 3 aromatic carbocycles. The van der Waals surface area contributed by atoms with E-state index in [1.165, 1.54) is 21.5 Å². The fourth-order valence-corrected chi connectivity index (χ4v) is 8.39. The molecule has 1 saturated heterocycles. The Morgan fingerprint density at radius 2 is 0.806 bits per heavy atom. The number of hydrogen-bond acceptors (Lipinski definition) is 7. The number of nitrogens with zero attached hydrogens (tertiary/aromatic N) is 8. The van der Waals surface area contributed by atoms with Gasteiger partial charge < -0.3 is 9.31 Å². The van der Waals surface area contributed by atoms with E-state index in [-0.39, 0.29) is 11.2 Å². The monoisotopic (exact) mass is 940 g/mol. The van der Waals surface area contributed by atoms with Crippen molar-refractivity contribution in [3.8, 4) is 22.8 Å². The SMILES string of the molecule is Brc1cccc(Br)n1.CC1(C)OB(c2cc3cc4ccccc4cn3n2)OC1(C)C.c1cc(-c2cc3cc4ccccc4cn3n2)nc(-c2cc3cc4ccccc4cn3n2)c1. The van der Waals surface area contributed by atoms with Crippen molar-refractivity contribution in [2.24, 2.45) is 0 Å². The Morgan fingerprint density at radius 3 is 1.23 bits per heavy atom. The maximum Gasteiger partial charge on any atom is 0.516 e. The van der Waals surface area contributed by atoms with Crippen LogP contribution >= 0.6 is 31.9 Å². The lowest BCUT2D eigenvalue weighted by molar-refractivity contribution is 0.00578. The largest absolute Gasteiger partial charge is 0.516 e. The molecule has 0 bridgehead atoms. The zero-order valence-electron chi connectivity index (χ0n) is 34.3. The molecule has 0 spiro atoms. The summed E-state index contributed by atoms with van der Waals surface area (Å²) >= 11 is 6.44. The van der Waals surface area contributed by atoms with Crippen molar-refractivity contribution in [3.05, 3.63) is 173 Å². The number of aromatic nitrogens is 8. The Bertz CT molecular complexity index is 3130. The maximum atomic E-state index is 6.08. The van der Waals surface area contributed by atoms with Gasteiger partial charge in [0.2, 0.25) is 0 Å². The molecule has 62 heavy (non-hydrogen) atoms. The second-order valence-corrected chi connectivity index (χ2v) is 17.8. The number of benzene rings is 3. The normalized spacial score (nSPS) is 14.4. The first-order valence-corrected chi connectivity index (χ1v) is 21.8. The standard InChI is InChI=1S/C27H17N5.C17H19BN2O2.C5H3Br2N/c1-3-8-20-16-31-22(12-18(20)6-1)14-26(29-31)24-10-5-11-25(28-24)27-15-23-13-19-7-2-4-9-21(19)17-32(23)30-27;1-16(2)17(3,4)22-18(21-16)15-10-14-9-12-7-5-6-8-13(12)11-20(14)19-15;6-4-2-1-3-5(7)8-4/h1-17H;5-11H,1-4H3;1-3H. The average Bonchev–Trinajstić information content (AvgIpc) is 4.04. The summed E-state index contributed by atoms with van der Waals surface area (Å²) in [5, 5.41) is 21.3. The fraction of sp³-hybridized carbons (Fsp3) is 0.122. The molecule has 0 aliphatic carbocycles. The molecule has 304 valence electrons. The predicted octanol–water partition coefficient (Wildman–Crippen LogP) is 11.4. The quantitative estimate of drug-likeness (QED) is 0.129. The summed E-state index contributed by atoms with van der Waals surface area (Å²) in [6, 6.07) is 49.2. The van der Waals surface area contributed by atoms with E-state index >= 15 is 0 Å². The van der Waals surface area contributed by atoms with Crippen LogP contribution in [0, 0.1) is 0 Å². The van der Waals surface area contributed by atoms with E-state index in [1.54, 1.807) is 0 Å². The van der Waals surface area contributed by atoms with Crippen molar-refractivity contribution in [1.82, 2.24) is 38.8 Å². The zero-order valence-corrected chi connectivity index (χ0v) is 37.5. The Labute approximate surface area is 374 Å². The van der Waals surface area contributed by atoms with Crippen LogP contribution < -0.4 is 5.59 Å². The van der Waals surface area contributed by atoms with Crippen LogP contribution in [0.2, 0.25) is 0 Å². The van der Waals surface area contributed by atoms with Gasteiger partial charge in [0.25, 0.3) is 0 Å². The van der Waals surface area contributed by atoms with Crippen molar-refractivity contribution in [1.29, 1.82) is 0 Å². The topological polar surface area (TPSA) is 96.1 Å². The van der Waals surface area contributed by atoms with Gasteiger partial charge in [0.05, 0.1) is 44.7 Å². The molecule has 1 fully saturated rings. The van der Waals surface area contributed by atoms with Crippen LogP contribution in [0.1, 0.15) is 27.7 Å². The summed E-state index contributed by atoms with van der Waals surface area (Å²) in [5.41, 5.74) is 6.60. The minimum absolute atomic E-state index is 0.349. The number of rotatable bonds is 3. The third kappa shape index (κ3) is 7.88. The highest BCUT2D eigenvalue weighted by Gasteiger charge is 2.52. The van der Waals surface area contributed by atoms with Crippen molar-refractivity contribution in [2.75, 3.05) is 0 Å². The summed E-state index contributed by atoms with van der Waals surface area (Å²) < 4.78 is 19.6. The number of hydrogen-bond donors (Lipinski definition) is 0. The van der Waals surface area contributed by atoms with E-state index in [1.807, 2.05) is 86.5 Å². The van der Waals surface area contributed by atoms with E-state index in [9.17, 15) is 0 Å². The van der Waals surface area contributed by atoms with Gasteiger partial charge in [0, 0.05) is 34.7 Å². The Morgan fingerprint density at radius 1 is 0.419 bits per heavy atom. The van der Waals surface area contributed by atoms with Crippen molar-refractivity contribution < 1.29 is 9.31 Å². The minimum atomic E-state index is -0.423. The lowest BCUT2D eigenvalue weighted by Crippen LogP contribution is -2.41. The summed E-state index contributed by atoms with van der Waals surface area (Å²) in [7, 11) is -0.423. The van der Waals surface area contributed by atoms with Crippen LogP contribution in [0.5, 0.6) is 0 Å². The number of pyridine rings is 5. The molecule has 10 nitrogen and oxygen atoms in total. The van der Waals surface area contributed by atoms with Crippen LogP contribution in [0.25, 0.3) is 71.6 Å². The molecule has 0 saturated carbocycles. The van der Waals surface area contributed by atoms with Crippen LogP contribution in [0.4, 0.5) is 0 Å². The molecule has 13 heteroatoms. The van der Waals surface area contributed by atoms with E-state index < -0.39 is 7.12 Å². The van der Waals surface area contributed by atoms with E-state index in [2.05, 4.69) is 161 Å². The third-order valence-corrected chi connectivity index (χ3v) is 12.3. The van der Waals surface area contributed by atoms with Gasteiger partial charge in [-0.05, 0) is 136 Å². The number of fused-ring (bicyclic) bond motifs is 6. The van der Waals surface area contributed by atoms with E-state index in [0.29, 0.717) is 0 Å². The second kappa shape index (κ2) is 15.9. The Kier molecular flexibility index (Phi) is 10.2. The molecule has 0 atom stereocenters. The van der Waals surface area contributed by atoms with Crippen LogP contribution in [-0.2, 0) is 9.31 Å². The van der Waals surface area contributed by atoms with Crippen molar-refractivity contribution in [2.45, 2.75) is 38.9 Å². The lowest BCUT2D eigenvalue weighted by Gasteiger charge is -2.32. The minimum Gasteiger partial charge on any atom is -0.398 e.